The molecule has 0 spiro atoms. The quantitative estimate of drug-likeness (QED) is 0.751. The van der Waals surface area contributed by atoms with E-state index in [0.29, 0.717) is 0 Å². The van der Waals surface area contributed by atoms with E-state index >= 15 is 0 Å². The highest BCUT2D eigenvalue weighted by Crippen LogP contribution is 2.34. The first-order chi connectivity index (χ1) is 12.3. The van der Waals surface area contributed by atoms with Crippen molar-refractivity contribution >= 4 is 5.69 Å². The van der Waals surface area contributed by atoms with Crippen LogP contribution in [0.15, 0.2) is 60.7 Å². The summed E-state index contributed by atoms with van der Waals surface area (Å²) < 4.78 is 0. The van der Waals surface area contributed by atoms with Crippen LogP contribution in [-0.2, 0) is 12.1 Å². The van der Waals surface area contributed by atoms with Gasteiger partial charge < -0.3 is 5.32 Å². The van der Waals surface area contributed by atoms with Crippen molar-refractivity contribution in [1.82, 2.24) is 25.5 Å². The summed E-state index contributed by atoms with van der Waals surface area (Å²) in [6.07, 6.45) is 1.88. The first-order valence-electron chi connectivity index (χ1n) is 8.68. The Morgan fingerprint density at radius 1 is 0.960 bits per heavy atom. The first-order valence-corrected chi connectivity index (χ1v) is 8.68. The summed E-state index contributed by atoms with van der Waals surface area (Å²) >= 11 is 0. The maximum atomic E-state index is 4.29. The molecular formula is C19H22N6. The predicted octanol–water partition coefficient (Wildman–Crippen LogP) is 2.80. The average molecular weight is 334 g/mol. The number of piperidine rings is 1. The Kier molecular flexibility index (Phi) is 4.43. The first kappa shape index (κ1) is 15.8. The zero-order valence-corrected chi connectivity index (χ0v) is 14.1. The molecule has 6 nitrogen and oxygen atoms in total. The smallest absolute Gasteiger partial charge is 0.199 e. The molecule has 1 aliphatic rings. The van der Waals surface area contributed by atoms with Crippen molar-refractivity contribution in [1.29, 1.82) is 0 Å². The molecule has 25 heavy (non-hydrogen) atoms. The summed E-state index contributed by atoms with van der Waals surface area (Å²) in [5.41, 5.74) is 2.16. The van der Waals surface area contributed by atoms with Crippen LogP contribution in [0.3, 0.4) is 0 Å². The van der Waals surface area contributed by atoms with Gasteiger partial charge >= 0.3 is 0 Å². The second-order valence-electron chi connectivity index (χ2n) is 6.57. The third-order valence-electron chi connectivity index (χ3n) is 4.89. The van der Waals surface area contributed by atoms with E-state index in [2.05, 4.69) is 73.3 Å². The molecule has 1 fully saturated rings. The van der Waals surface area contributed by atoms with Crippen molar-refractivity contribution in [2.45, 2.75) is 24.9 Å². The third kappa shape index (κ3) is 3.53. The molecule has 2 heterocycles. The highest BCUT2D eigenvalue weighted by atomic mass is 15.5. The average Bonchev–Trinajstić information content (AvgIpc) is 3.21. The predicted molar refractivity (Wildman–Crippen MR) is 96.9 cm³/mol. The second kappa shape index (κ2) is 7.03. The number of rotatable bonds is 5. The van der Waals surface area contributed by atoms with Crippen LogP contribution in [0.2, 0.25) is 0 Å². The molecule has 1 aromatic heterocycles. The highest BCUT2D eigenvalue weighted by molar-refractivity contribution is 5.46. The van der Waals surface area contributed by atoms with Crippen LogP contribution in [0.1, 0.15) is 24.2 Å². The number of aromatic nitrogens is 4. The molecule has 0 amide bonds. The van der Waals surface area contributed by atoms with E-state index in [1.54, 1.807) is 0 Å². The Hall–Kier alpha value is -2.73. The SMILES string of the molecule is c1ccc(CN2CCC(Nc3ccccc3)(c3nn[nH]n3)CC2)cc1. The number of hydrogen-bond donors (Lipinski definition) is 2. The summed E-state index contributed by atoms with van der Waals surface area (Å²) in [5, 5.41) is 18.6. The van der Waals surface area contributed by atoms with E-state index in [1.165, 1.54) is 5.56 Å². The molecule has 0 radical (unpaired) electrons. The molecule has 3 aromatic rings. The topological polar surface area (TPSA) is 69.7 Å². The van der Waals surface area contributed by atoms with Crippen LogP contribution in [0.4, 0.5) is 5.69 Å². The maximum Gasteiger partial charge on any atom is 0.199 e. The minimum Gasteiger partial charge on any atom is -0.372 e. The minimum absolute atomic E-state index is 0.276. The van der Waals surface area contributed by atoms with Crippen molar-refractivity contribution < 1.29 is 0 Å². The third-order valence-corrected chi connectivity index (χ3v) is 4.89. The lowest BCUT2D eigenvalue weighted by atomic mass is 9.86. The van der Waals surface area contributed by atoms with Crippen molar-refractivity contribution in [2.75, 3.05) is 18.4 Å². The van der Waals surface area contributed by atoms with Crippen LogP contribution in [0.25, 0.3) is 0 Å². The van der Waals surface area contributed by atoms with Gasteiger partial charge in [0.25, 0.3) is 0 Å². The summed E-state index contributed by atoms with van der Waals surface area (Å²) in [4.78, 5) is 2.49. The van der Waals surface area contributed by atoms with Gasteiger partial charge in [0.2, 0.25) is 0 Å². The molecule has 0 saturated carbocycles. The van der Waals surface area contributed by atoms with Crippen molar-refractivity contribution in [3.8, 4) is 0 Å². The van der Waals surface area contributed by atoms with E-state index in [0.717, 1.165) is 44.0 Å². The molecule has 2 N–H and O–H groups in total. The Morgan fingerprint density at radius 3 is 2.28 bits per heavy atom. The molecule has 128 valence electrons. The summed E-state index contributed by atoms with van der Waals surface area (Å²) in [6, 6.07) is 20.9. The molecule has 0 unspecified atom stereocenters. The van der Waals surface area contributed by atoms with Gasteiger partial charge in [-0.2, -0.15) is 5.21 Å². The Labute approximate surface area is 147 Å². The molecule has 2 aromatic carbocycles. The van der Waals surface area contributed by atoms with E-state index in [1.807, 2.05) is 18.2 Å². The van der Waals surface area contributed by atoms with Gasteiger partial charge in [0.15, 0.2) is 5.82 Å². The lowest BCUT2D eigenvalue weighted by Gasteiger charge is -2.41. The minimum atomic E-state index is -0.276. The van der Waals surface area contributed by atoms with E-state index in [-0.39, 0.29) is 5.54 Å². The van der Waals surface area contributed by atoms with E-state index < -0.39 is 0 Å². The van der Waals surface area contributed by atoms with Crippen LogP contribution in [0.5, 0.6) is 0 Å². The number of anilines is 1. The van der Waals surface area contributed by atoms with Crippen LogP contribution >= 0.6 is 0 Å². The lowest BCUT2D eigenvalue weighted by molar-refractivity contribution is 0.161. The van der Waals surface area contributed by atoms with Gasteiger partial charge in [-0.05, 0) is 30.5 Å². The number of benzene rings is 2. The summed E-state index contributed by atoms with van der Waals surface area (Å²) in [5.74, 6) is 0.746. The molecule has 1 saturated heterocycles. The second-order valence-corrected chi connectivity index (χ2v) is 6.57. The molecule has 4 rings (SSSR count). The van der Waals surface area contributed by atoms with Crippen molar-refractivity contribution in [3.05, 3.63) is 72.1 Å². The van der Waals surface area contributed by atoms with Crippen LogP contribution in [0, 0.1) is 0 Å². The standard InChI is InChI=1S/C19H22N6/c1-3-7-16(8-4-1)15-25-13-11-19(12-14-25,18-21-23-24-22-18)20-17-9-5-2-6-10-17/h1-10,20H,11-15H2,(H,21,22,23,24). The van der Waals surface area contributed by atoms with Gasteiger partial charge in [0, 0.05) is 25.3 Å². The molecule has 0 aliphatic carbocycles. The van der Waals surface area contributed by atoms with Crippen LogP contribution in [-0.4, -0.2) is 38.6 Å². The van der Waals surface area contributed by atoms with Gasteiger partial charge in [-0.1, -0.05) is 53.7 Å². The molecule has 1 aliphatic heterocycles. The van der Waals surface area contributed by atoms with E-state index in [4.69, 9.17) is 0 Å². The fourth-order valence-electron chi connectivity index (χ4n) is 3.50. The number of para-hydroxylation sites is 1. The Morgan fingerprint density at radius 2 is 1.64 bits per heavy atom. The monoisotopic (exact) mass is 334 g/mol. The number of likely N-dealkylation sites (tertiary alicyclic amines) is 1. The molecule has 6 heteroatoms. The molecule has 0 atom stereocenters. The van der Waals surface area contributed by atoms with E-state index in [9.17, 15) is 0 Å². The van der Waals surface area contributed by atoms with Crippen molar-refractivity contribution in [3.63, 3.8) is 0 Å². The summed E-state index contributed by atoms with van der Waals surface area (Å²) in [6.45, 7) is 2.96. The molecular weight excluding hydrogens is 312 g/mol. The Balaban J connectivity index is 1.50. The molecule has 0 bridgehead atoms. The Bertz CT molecular complexity index is 764. The number of H-pyrrole nitrogens is 1. The number of nitrogens with one attached hydrogen (secondary N) is 2. The van der Waals surface area contributed by atoms with Crippen LogP contribution < -0.4 is 5.32 Å². The maximum absolute atomic E-state index is 4.29. The van der Waals surface area contributed by atoms with Gasteiger partial charge in [-0.15, -0.1) is 10.2 Å². The fourth-order valence-corrected chi connectivity index (χ4v) is 3.50. The number of tetrazole rings is 1. The summed E-state index contributed by atoms with van der Waals surface area (Å²) in [7, 11) is 0. The highest BCUT2D eigenvalue weighted by Gasteiger charge is 2.39. The lowest BCUT2D eigenvalue weighted by Crippen LogP contribution is -2.47. The van der Waals surface area contributed by atoms with Gasteiger partial charge in [-0.25, -0.2) is 0 Å². The van der Waals surface area contributed by atoms with Gasteiger partial charge in [0.05, 0.1) is 0 Å². The van der Waals surface area contributed by atoms with Gasteiger partial charge in [0.1, 0.15) is 5.54 Å². The number of nitrogens with zero attached hydrogens (tertiary/aromatic N) is 4. The fraction of sp³-hybridized carbons (Fsp3) is 0.316. The zero-order chi connectivity index (χ0) is 17.0. The largest absolute Gasteiger partial charge is 0.372 e. The van der Waals surface area contributed by atoms with Gasteiger partial charge in [-0.3, -0.25) is 4.90 Å². The zero-order valence-electron chi connectivity index (χ0n) is 14.1. The van der Waals surface area contributed by atoms with Crippen molar-refractivity contribution in [2.24, 2.45) is 0 Å². The normalized spacial score (nSPS) is 17.3. The number of hydrogen-bond acceptors (Lipinski definition) is 5. The number of aromatic amines is 1.